The first-order chi connectivity index (χ1) is 12.6. The number of likely N-dealkylation sites (tertiary alicyclic amines) is 1. The van der Waals surface area contributed by atoms with Gasteiger partial charge in [-0.05, 0) is 31.9 Å². The minimum Gasteiger partial charge on any atom is -0.341 e. The van der Waals surface area contributed by atoms with Crippen LogP contribution < -0.4 is 5.56 Å². The Morgan fingerprint density at radius 1 is 1.27 bits per heavy atom. The molecule has 1 aromatic carbocycles. The van der Waals surface area contributed by atoms with Crippen LogP contribution in [0.4, 0.5) is 0 Å². The van der Waals surface area contributed by atoms with Crippen molar-refractivity contribution < 1.29 is 9.32 Å². The van der Waals surface area contributed by atoms with E-state index in [1.165, 1.54) is 10.9 Å². The monoisotopic (exact) mass is 353 g/mol. The van der Waals surface area contributed by atoms with Crippen molar-refractivity contribution in [2.75, 3.05) is 13.1 Å². The van der Waals surface area contributed by atoms with Crippen molar-refractivity contribution in [2.45, 2.75) is 32.2 Å². The van der Waals surface area contributed by atoms with Crippen molar-refractivity contribution in [1.29, 1.82) is 0 Å². The maximum absolute atomic E-state index is 12.6. The van der Waals surface area contributed by atoms with E-state index in [2.05, 4.69) is 15.1 Å². The van der Waals surface area contributed by atoms with E-state index in [0.717, 1.165) is 12.8 Å². The van der Waals surface area contributed by atoms with Crippen molar-refractivity contribution in [3.05, 3.63) is 52.7 Å². The first-order valence-corrected chi connectivity index (χ1v) is 8.64. The molecule has 1 aliphatic heterocycles. The Balaban J connectivity index is 1.43. The lowest BCUT2D eigenvalue weighted by atomic mass is 9.97. The van der Waals surface area contributed by atoms with Gasteiger partial charge in [-0.15, -0.1) is 0 Å². The van der Waals surface area contributed by atoms with Gasteiger partial charge in [0, 0.05) is 19.0 Å². The minimum absolute atomic E-state index is 0.000992. The second-order valence-electron chi connectivity index (χ2n) is 6.53. The zero-order chi connectivity index (χ0) is 18.1. The Bertz CT molecular complexity index is 1000. The maximum atomic E-state index is 12.6. The van der Waals surface area contributed by atoms with Crippen LogP contribution in [0.25, 0.3) is 10.9 Å². The number of carbonyl (C=O) groups excluding carboxylic acids is 1. The molecule has 1 aliphatic rings. The SMILES string of the molecule is Cc1noc(C2CCN(C(=O)Cn3cnc4ccccc4c3=O)CC2)n1. The molecule has 0 aliphatic carbocycles. The largest absolute Gasteiger partial charge is 0.341 e. The van der Waals surface area contributed by atoms with Crippen LogP contribution in [0.3, 0.4) is 0 Å². The van der Waals surface area contributed by atoms with Gasteiger partial charge in [-0.1, -0.05) is 17.3 Å². The summed E-state index contributed by atoms with van der Waals surface area (Å²) < 4.78 is 6.61. The number of aryl methyl sites for hydroxylation is 1. The van der Waals surface area contributed by atoms with E-state index in [1.807, 2.05) is 6.07 Å². The predicted molar refractivity (Wildman–Crippen MR) is 93.6 cm³/mol. The average Bonchev–Trinajstić information content (AvgIpc) is 3.11. The van der Waals surface area contributed by atoms with Crippen LogP contribution in [-0.2, 0) is 11.3 Å². The molecule has 26 heavy (non-hydrogen) atoms. The van der Waals surface area contributed by atoms with Gasteiger partial charge in [0.2, 0.25) is 11.8 Å². The molecule has 0 saturated carbocycles. The smallest absolute Gasteiger partial charge is 0.261 e. The third-order valence-electron chi connectivity index (χ3n) is 4.78. The minimum atomic E-state index is -0.194. The molecule has 4 rings (SSSR count). The molecule has 1 amide bonds. The van der Waals surface area contributed by atoms with Gasteiger partial charge >= 0.3 is 0 Å². The van der Waals surface area contributed by atoms with Crippen molar-refractivity contribution in [2.24, 2.45) is 0 Å². The highest BCUT2D eigenvalue weighted by Crippen LogP contribution is 2.26. The number of benzene rings is 1. The maximum Gasteiger partial charge on any atom is 0.261 e. The van der Waals surface area contributed by atoms with Crippen molar-refractivity contribution in [3.8, 4) is 0 Å². The number of fused-ring (bicyclic) bond motifs is 1. The number of rotatable bonds is 3. The van der Waals surface area contributed by atoms with E-state index in [0.29, 0.717) is 35.7 Å². The number of nitrogens with zero attached hydrogens (tertiary/aromatic N) is 5. The highest BCUT2D eigenvalue weighted by molar-refractivity contribution is 5.79. The van der Waals surface area contributed by atoms with Gasteiger partial charge in [0.15, 0.2) is 5.82 Å². The summed E-state index contributed by atoms with van der Waals surface area (Å²) in [5.41, 5.74) is 0.442. The summed E-state index contributed by atoms with van der Waals surface area (Å²) in [6.45, 7) is 3.02. The van der Waals surface area contributed by atoms with Crippen LogP contribution in [-0.4, -0.2) is 43.6 Å². The van der Waals surface area contributed by atoms with E-state index in [-0.39, 0.29) is 23.9 Å². The van der Waals surface area contributed by atoms with Gasteiger partial charge in [0.05, 0.1) is 17.2 Å². The molecule has 0 bridgehead atoms. The number of piperidine rings is 1. The first-order valence-electron chi connectivity index (χ1n) is 8.64. The predicted octanol–water partition coefficient (Wildman–Crippen LogP) is 1.49. The van der Waals surface area contributed by atoms with E-state index < -0.39 is 0 Å². The molecule has 3 heterocycles. The molecule has 3 aromatic rings. The standard InChI is InChI=1S/C18H19N5O3/c1-12-20-17(26-21-12)13-6-8-22(9-7-13)16(24)10-23-11-19-15-5-3-2-4-14(15)18(23)25/h2-5,11,13H,6-10H2,1H3. The van der Waals surface area contributed by atoms with Gasteiger partial charge in [-0.3, -0.25) is 14.2 Å². The van der Waals surface area contributed by atoms with Crippen molar-refractivity contribution in [3.63, 3.8) is 0 Å². The van der Waals surface area contributed by atoms with Crippen molar-refractivity contribution in [1.82, 2.24) is 24.6 Å². The summed E-state index contributed by atoms with van der Waals surface area (Å²) in [6, 6.07) is 7.14. The molecule has 0 unspecified atom stereocenters. The Labute approximate surface area is 149 Å². The average molecular weight is 353 g/mol. The fraction of sp³-hybridized carbons (Fsp3) is 0.389. The van der Waals surface area contributed by atoms with Crippen LogP contribution in [0.5, 0.6) is 0 Å². The Morgan fingerprint density at radius 3 is 2.77 bits per heavy atom. The normalized spacial score (nSPS) is 15.5. The lowest BCUT2D eigenvalue weighted by molar-refractivity contribution is -0.133. The van der Waals surface area contributed by atoms with E-state index >= 15 is 0 Å². The van der Waals surface area contributed by atoms with Gasteiger partial charge in [0.25, 0.3) is 5.56 Å². The molecule has 1 fully saturated rings. The van der Waals surface area contributed by atoms with Gasteiger partial charge in [-0.25, -0.2) is 4.98 Å². The van der Waals surface area contributed by atoms with Crippen LogP contribution in [0.1, 0.15) is 30.5 Å². The summed E-state index contributed by atoms with van der Waals surface area (Å²) in [4.78, 5) is 35.4. The fourth-order valence-electron chi connectivity index (χ4n) is 3.32. The molecular weight excluding hydrogens is 334 g/mol. The number of para-hydroxylation sites is 1. The van der Waals surface area contributed by atoms with Crippen LogP contribution in [0, 0.1) is 6.92 Å². The molecular formula is C18H19N5O3. The fourth-order valence-corrected chi connectivity index (χ4v) is 3.32. The molecule has 0 spiro atoms. The topological polar surface area (TPSA) is 94.1 Å². The van der Waals surface area contributed by atoms with Crippen LogP contribution >= 0.6 is 0 Å². The molecule has 1 saturated heterocycles. The van der Waals surface area contributed by atoms with E-state index in [4.69, 9.17) is 4.52 Å². The summed E-state index contributed by atoms with van der Waals surface area (Å²) >= 11 is 0. The molecule has 134 valence electrons. The number of hydrogen-bond acceptors (Lipinski definition) is 6. The molecule has 8 heteroatoms. The zero-order valence-electron chi connectivity index (χ0n) is 14.5. The number of hydrogen-bond donors (Lipinski definition) is 0. The quantitative estimate of drug-likeness (QED) is 0.708. The third kappa shape index (κ3) is 3.10. The summed E-state index contributed by atoms with van der Waals surface area (Å²) in [5.74, 6) is 1.38. The highest BCUT2D eigenvalue weighted by atomic mass is 16.5. The Hall–Kier alpha value is -3.03. The van der Waals surface area contributed by atoms with Gasteiger partial charge < -0.3 is 9.42 Å². The summed E-state index contributed by atoms with van der Waals surface area (Å²) in [5, 5.41) is 4.35. The molecule has 8 nitrogen and oxygen atoms in total. The Morgan fingerprint density at radius 2 is 2.04 bits per heavy atom. The van der Waals surface area contributed by atoms with Crippen molar-refractivity contribution >= 4 is 16.8 Å². The van der Waals surface area contributed by atoms with Gasteiger partial charge in [-0.2, -0.15) is 4.98 Å². The highest BCUT2D eigenvalue weighted by Gasteiger charge is 2.27. The van der Waals surface area contributed by atoms with Gasteiger partial charge in [0.1, 0.15) is 6.54 Å². The van der Waals surface area contributed by atoms with Crippen LogP contribution in [0.15, 0.2) is 39.9 Å². The molecule has 0 radical (unpaired) electrons. The van der Waals surface area contributed by atoms with E-state index in [9.17, 15) is 9.59 Å². The zero-order valence-corrected chi connectivity index (χ0v) is 14.5. The number of amides is 1. The number of carbonyl (C=O) groups is 1. The lowest BCUT2D eigenvalue weighted by Gasteiger charge is -2.30. The Kier molecular flexibility index (Phi) is 4.24. The van der Waals surface area contributed by atoms with Crippen LogP contribution in [0.2, 0.25) is 0 Å². The summed E-state index contributed by atoms with van der Waals surface area (Å²) in [6.07, 6.45) is 2.99. The molecule has 0 N–H and O–H groups in total. The summed E-state index contributed by atoms with van der Waals surface area (Å²) in [7, 11) is 0. The number of aromatic nitrogens is 4. The lowest BCUT2D eigenvalue weighted by Crippen LogP contribution is -2.41. The van der Waals surface area contributed by atoms with E-state index in [1.54, 1.807) is 30.0 Å². The molecule has 2 aromatic heterocycles. The second-order valence-corrected chi connectivity index (χ2v) is 6.53. The first kappa shape index (κ1) is 16.4. The third-order valence-corrected chi connectivity index (χ3v) is 4.78. The molecule has 0 atom stereocenters. The second kappa shape index (κ2) is 6.70.